The first kappa shape index (κ1) is 13.7. The molecule has 96 valence electrons. The summed E-state index contributed by atoms with van der Waals surface area (Å²) in [4.78, 5) is 0.943. The molecule has 2 rings (SSSR count). The minimum Gasteiger partial charge on any atom is -0.310 e. The molecule has 0 saturated carbocycles. The van der Waals surface area contributed by atoms with Crippen molar-refractivity contribution in [2.45, 2.75) is 19.9 Å². The maximum atomic E-state index is 13.9. The van der Waals surface area contributed by atoms with Gasteiger partial charge in [0.15, 0.2) is 0 Å². The predicted molar refractivity (Wildman–Crippen MR) is 79.5 cm³/mol. The second-order valence-corrected chi connectivity index (χ2v) is 5.89. The van der Waals surface area contributed by atoms with Crippen LogP contribution in [0.5, 0.6) is 0 Å². The van der Waals surface area contributed by atoms with Crippen LogP contribution in [0.15, 0.2) is 34.1 Å². The third-order valence-corrected chi connectivity index (χ3v) is 4.73. The Kier molecular flexibility index (Phi) is 4.54. The second-order valence-electron chi connectivity index (χ2n) is 4.12. The highest BCUT2D eigenvalue weighted by molar-refractivity contribution is 9.10. The molecule has 1 aromatic carbocycles. The van der Waals surface area contributed by atoms with E-state index in [1.165, 1.54) is 0 Å². The van der Waals surface area contributed by atoms with E-state index >= 15 is 0 Å². The molecule has 1 unspecified atom stereocenters. The smallest absolute Gasteiger partial charge is 0.131 e. The van der Waals surface area contributed by atoms with Gasteiger partial charge in [-0.15, -0.1) is 11.3 Å². The van der Waals surface area contributed by atoms with Gasteiger partial charge in [0.2, 0.25) is 0 Å². The van der Waals surface area contributed by atoms with Crippen molar-refractivity contribution in [2.75, 3.05) is 6.54 Å². The monoisotopic (exact) mass is 327 g/mol. The van der Waals surface area contributed by atoms with Crippen molar-refractivity contribution >= 4 is 27.3 Å². The van der Waals surface area contributed by atoms with Crippen molar-refractivity contribution in [3.8, 4) is 10.4 Å². The van der Waals surface area contributed by atoms with E-state index in [0.29, 0.717) is 5.56 Å². The maximum Gasteiger partial charge on any atom is 0.131 e. The maximum absolute atomic E-state index is 13.9. The molecule has 1 nitrogen and oxygen atoms in total. The molecular formula is C14H15BrFNS. The summed E-state index contributed by atoms with van der Waals surface area (Å²) >= 11 is 5.00. The molecule has 1 atom stereocenters. The van der Waals surface area contributed by atoms with Crippen LogP contribution in [0.25, 0.3) is 10.4 Å². The fourth-order valence-electron chi connectivity index (χ4n) is 1.90. The summed E-state index contributed by atoms with van der Waals surface area (Å²) in [7, 11) is 0. The van der Waals surface area contributed by atoms with E-state index < -0.39 is 0 Å². The van der Waals surface area contributed by atoms with Gasteiger partial charge in [0.25, 0.3) is 0 Å². The minimum absolute atomic E-state index is 0.175. The molecule has 1 N–H and O–H groups in total. The lowest BCUT2D eigenvalue weighted by Crippen LogP contribution is -2.17. The minimum atomic E-state index is -0.175. The Balaban J connectivity index is 2.42. The van der Waals surface area contributed by atoms with Gasteiger partial charge in [0.1, 0.15) is 5.82 Å². The lowest BCUT2D eigenvalue weighted by molar-refractivity contribution is 0.593. The highest BCUT2D eigenvalue weighted by atomic mass is 79.9. The highest BCUT2D eigenvalue weighted by Gasteiger charge is 2.13. The zero-order valence-electron chi connectivity index (χ0n) is 10.3. The number of halogens is 2. The summed E-state index contributed by atoms with van der Waals surface area (Å²) in [6.45, 7) is 5.05. The van der Waals surface area contributed by atoms with Gasteiger partial charge in [-0.05, 0) is 58.5 Å². The lowest BCUT2D eigenvalue weighted by atomic mass is 10.0. The van der Waals surface area contributed by atoms with Gasteiger partial charge in [-0.3, -0.25) is 0 Å². The Hall–Kier alpha value is -0.710. The summed E-state index contributed by atoms with van der Waals surface area (Å²) in [5.41, 5.74) is 1.77. The van der Waals surface area contributed by atoms with Gasteiger partial charge < -0.3 is 5.32 Å². The molecule has 4 heteroatoms. The summed E-state index contributed by atoms with van der Waals surface area (Å²) in [6, 6.07) is 7.49. The number of thiophene rings is 1. The Morgan fingerprint density at radius 1 is 1.39 bits per heavy atom. The van der Waals surface area contributed by atoms with Crippen molar-refractivity contribution in [3.63, 3.8) is 0 Å². The summed E-state index contributed by atoms with van der Waals surface area (Å²) < 4.78 is 14.9. The molecule has 0 aliphatic heterocycles. The second kappa shape index (κ2) is 5.95. The average Bonchev–Trinajstić information content (AvgIpc) is 2.76. The van der Waals surface area contributed by atoms with E-state index in [1.54, 1.807) is 17.4 Å². The molecule has 0 spiro atoms. The number of hydrogen-bond donors (Lipinski definition) is 1. The standard InChI is InChI=1S/C14H15BrFNS/c1-3-17-9(2)10-4-5-13(16)11(8-10)14-12(15)6-7-18-14/h4-9,17H,3H2,1-2H3. The van der Waals surface area contributed by atoms with Crippen LogP contribution in [0.3, 0.4) is 0 Å². The van der Waals surface area contributed by atoms with E-state index in [2.05, 4.69) is 35.1 Å². The Labute approximate surface area is 119 Å². The molecule has 0 aliphatic rings. The van der Waals surface area contributed by atoms with Crippen molar-refractivity contribution in [1.29, 1.82) is 0 Å². The van der Waals surface area contributed by atoms with Crippen molar-refractivity contribution < 1.29 is 4.39 Å². The normalized spacial score (nSPS) is 12.7. The molecule has 0 saturated heterocycles. The van der Waals surface area contributed by atoms with Gasteiger partial charge in [-0.25, -0.2) is 4.39 Å². The van der Waals surface area contributed by atoms with Crippen LogP contribution in [-0.4, -0.2) is 6.54 Å². The van der Waals surface area contributed by atoms with Crippen LogP contribution >= 0.6 is 27.3 Å². The van der Waals surface area contributed by atoms with Crippen molar-refractivity contribution in [2.24, 2.45) is 0 Å². The molecule has 0 radical (unpaired) electrons. The van der Waals surface area contributed by atoms with E-state index in [1.807, 2.05) is 23.6 Å². The van der Waals surface area contributed by atoms with Gasteiger partial charge in [0, 0.05) is 16.1 Å². The molecule has 18 heavy (non-hydrogen) atoms. The largest absolute Gasteiger partial charge is 0.310 e. The van der Waals surface area contributed by atoms with Crippen molar-refractivity contribution in [1.82, 2.24) is 5.32 Å². The lowest BCUT2D eigenvalue weighted by Gasteiger charge is -2.14. The third-order valence-electron chi connectivity index (χ3n) is 2.86. The first-order valence-electron chi connectivity index (χ1n) is 5.89. The topological polar surface area (TPSA) is 12.0 Å². The summed E-state index contributed by atoms with van der Waals surface area (Å²) in [6.07, 6.45) is 0. The predicted octanol–water partition coefficient (Wildman–Crippen LogP) is 4.99. The molecule has 1 aromatic heterocycles. The van der Waals surface area contributed by atoms with Gasteiger partial charge in [-0.1, -0.05) is 13.0 Å². The van der Waals surface area contributed by atoms with Crippen molar-refractivity contribution in [3.05, 3.63) is 45.5 Å². The first-order valence-corrected chi connectivity index (χ1v) is 7.57. The zero-order chi connectivity index (χ0) is 13.1. The van der Waals surface area contributed by atoms with Crippen LogP contribution in [0.1, 0.15) is 25.5 Å². The fourth-order valence-corrected chi connectivity index (χ4v) is 3.50. The van der Waals surface area contributed by atoms with Gasteiger partial charge >= 0.3 is 0 Å². The average molecular weight is 328 g/mol. The zero-order valence-corrected chi connectivity index (χ0v) is 12.7. The SMILES string of the molecule is CCNC(C)c1ccc(F)c(-c2sccc2Br)c1. The van der Waals surface area contributed by atoms with Gasteiger partial charge in [-0.2, -0.15) is 0 Å². The van der Waals surface area contributed by atoms with Crippen LogP contribution in [0.2, 0.25) is 0 Å². The third kappa shape index (κ3) is 2.82. The van der Waals surface area contributed by atoms with Gasteiger partial charge in [0.05, 0.1) is 4.88 Å². The Morgan fingerprint density at radius 2 is 2.17 bits per heavy atom. The van der Waals surface area contributed by atoms with E-state index in [0.717, 1.165) is 21.5 Å². The van der Waals surface area contributed by atoms with Crippen LogP contribution in [0, 0.1) is 5.82 Å². The molecule has 0 bridgehead atoms. The van der Waals surface area contributed by atoms with Crippen LogP contribution in [0.4, 0.5) is 4.39 Å². The summed E-state index contributed by atoms with van der Waals surface area (Å²) in [5.74, 6) is -0.175. The van der Waals surface area contributed by atoms with E-state index in [9.17, 15) is 4.39 Å². The first-order chi connectivity index (χ1) is 8.63. The summed E-state index contributed by atoms with van der Waals surface area (Å²) in [5, 5.41) is 5.30. The van der Waals surface area contributed by atoms with Crippen LogP contribution < -0.4 is 5.32 Å². The molecular weight excluding hydrogens is 313 g/mol. The molecule has 0 fully saturated rings. The van der Waals surface area contributed by atoms with E-state index in [-0.39, 0.29) is 11.9 Å². The Morgan fingerprint density at radius 3 is 2.78 bits per heavy atom. The Bertz CT molecular complexity index is 538. The number of rotatable bonds is 4. The number of benzene rings is 1. The molecule has 0 aliphatic carbocycles. The molecule has 2 aromatic rings. The quantitative estimate of drug-likeness (QED) is 0.834. The highest BCUT2D eigenvalue weighted by Crippen LogP contribution is 2.36. The fraction of sp³-hybridized carbons (Fsp3) is 0.286. The molecule has 0 amide bonds. The van der Waals surface area contributed by atoms with E-state index in [4.69, 9.17) is 0 Å². The number of hydrogen-bond acceptors (Lipinski definition) is 2. The van der Waals surface area contributed by atoms with Crippen LogP contribution in [-0.2, 0) is 0 Å². The molecule has 1 heterocycles. The number of nitrogens with one attached hydrogen (secondary N) is 1.